The summed E-state index contributed by atoms with van der Waals surface area (Å²) in [6.07, 6.45) is 1.18. The van der Waals surface area contributed by atoms with E-state index in [1.807, 2.05) is 25.1 Å². The number of halogens is 1. The molecule has 1 aliphatic rings. The van der Waals surface area contributed by atoms with Crippen LogP contribution in [-0.2, 0) is 9.53 Å². The lowest BCUT2D eigenvalue weighted by Crippen LogP contribution is -1.98. The lowest BCUT2D eigenvalue weighted by molar-refractivity contribution is -0.141. The Morgan fingerprint density at radius 3 is 2.86 bits per heavy atom. The summed E-state index contributed by atoms with van der Waals surface area (Å²) in [5, 5.41) is 0.727. The summed E-state index contributed by atoms with van der Waals surface area (Å²) in [4.78, 5) is 10.9. The minimum Gasteiger partial charge on any atom is -0.457 e. The predicted molar refractivity (Wildman–Crippen MR) is 54.3 cm³/mol. The average Bonchev–Trinajstić information content (AvgIpc) is 2.57. The molecular weight excluding hydrogens is 200 g/mol. The zero-order chi connectivity index (χ0) is 10.1. The summed E-state index contributed by atoms with van der Waals surface area (Å²) in [7, 11) is 0. The Morgan fingerprint density at radius 2 is 2.29 bits per heavy atom. The first kappa shape index (κ1) is 9.53. The lowest BCUT2D eigenvalue weighted by Gasteiger charge is -2.10. The molecule has 0 spiro atoms. The molecule has 74 valence electrons. The number of hydrogen-bond donors (Lipinski definition) is 0. The molecule has 14 heavy (non-hydrogen) atoms. The molecule has 1 saturated heterocycles. The summed E-state index contributed by atoms with van der Waals surface area (Å²) < 4.78 is 5.14. The first-order valence-corrected chi connectivity index (χ1v) is 5.00. The Kier molecular flexibility index (Phi) is 2.46. The summed E-state index contributed by atoms with van der Waals surface area (Å²) in [5.74, 6) is -0.119. The van der Waals surface area contributed by atoms with Crippen molar-refractivity contribution in [3.8, 4) is 0 Å². The van der Waals surface area contributed by atoms with Gasteiger partial charge in [0.05, 0.1) is 0 Å². The number of carbonyl (C=O) groups excluding carboxylic acids is 1. The van der Waals surface area contributed by atoms with Gasteiger partial charge in [-0.25, -0.2) is 0 Å². The van der Waals surface area contributed by atoms with Crippen molar-refractivity contribution >= 4 is 17.6 Å². The van der Waals surface area contributed by atoms with Crippen LogP contribution in [0.4, 0.5) is 0 Å². The van der Waals surface area contributed by atoms with Crippen molar-refractivity contribution in [2.24, 2.45) is 0 Å². The van der Waals surface area contributed by atoms with Crippen LogP contribution in [0.25, 0.3) is 0 Å². The van der Waals surface area contributed by atoms with E-state index in [0.29, 0.717) is 6.42 Å². The maximum atomic E-state index is 10.9. The van der Waals surface area contributed by atoms with Crippen LogP contribution >= 0.6 is 11.6 Å². The molecule has 0 radical (unpaired) electrons. The summed E-state index contributed by atoms with van der Waals surface area (Å²) in [5.41, 5.74) is 2.03. The van der Waals surface area contributed by atoms with Gasteiger partial charge in [0.1, 0.15) is 6.10 Å². The number of esters is 1. The number of hydrogen-bond acceptors (Lipinski definition) is 2. The number of benzene rings is 1. The molecule has 1 fully saturated rings. The van der Waals surface area contributed by atoms with E-state index in [1.165, 1.54) is 0 Å². The van der Waals surface area contributed by atoms with Crippen molar-refractivity contribution in [1.29, 1.82) is 0 Å². The van der Waals surface area contributed by atoms with E-state index in [-0.39, 0.29) is 12.1 Å². The van der Waals surface area contributed by atoms with Crippen LogP contribution in [0, 0.1) is 6.92 Å². The number of aryl methyl sites for hydroxylation is 1. The number of ether oxygens (including phenoxy) is 1. The minimum atomic E-state index is -0.119. The number of cyclic esters (lactones) is 1. The number of rotatable bonds is 1. The molecule has 1 aliphatic heterocycles. The second-order valence-electron chi connectivity index (χ2n) is 3.53. The van der Waals surface area contributed by atoms with Gasteiger partial charge in [0.2, 0.25) is 0 Å². The van der Waals surface area contributed by atoms with Crippen molar-refractivity contribution in [2.45, 2.75) is 25.9 Å². The van der Waals surface area contributed by atoms with E-state index in [9.17, 15) is 4.79 Å². The van der Waals surface area contributed by atoms with E-state index in [4.69, 9.17) is 16.3 Å². The van der Waals surface area contributed by atoms with Gasteiger partial charge in [0.25, 0.3) is 0 Å². The first-order chi connectivity index (χ1) is 6.66. The number of carbonyl (C=O) groups is 1. The summed E-state index contributed by atoms with van der Waals surface area (Å²) >= 11 is 5.99. The fourth-order valence-corrected chi connectivity index (χ4v) is 1.76. The molecule has 1 aromatic carbocycles. The lowest BCUT2D eigenvalue weighted by atomic mass is 10.1. The van der Waals surface area contributed by atoms with Crippen LogP contribution in [0.3, 0.4) is 0 Å². The highest BCUT2D eigenvalue weighted by atomic mass is 35.5. The highest BCUT2D eigenvalue weighted by Gasteiger charge is 2.24. The monoisotopic (exact) mass is 210 g/mol. The van der Waals surface area contributed by atoms with Crippen molar-refractivity contribution in [3.05, 3.63) is 34.3 Å². The fraction of sp³-hybridized carbons (Fsp3) is 0.364. The highest BCUT2D eigenvalue weighted by Crippen LogP contribution is 2.31. The van der Waals surface area contributed by atoms with Crippen molar-refractivity contribution in [2.75, 3.05) is 0 Å². The largest absolute Gasteiger partial charge is 0.457 e. The van der Waals surface area contributed by atoms with Crippen molar-refractivity contribution in [3.63, 3.8) is 0 Å². The fourth-order valence-electron chi connectivity index (χ4n) is 1.57. The standard InChI is InChI=1S/C11H11ClO2/c1-7-2-3-8(6-9(7)12)10-4-5-11(13)14-10/h2-3,6,10H,4-5H2,1H3/t10-/m1/s1. The van der Waals surface area contributed by atoms with Gasteiger partial charge in [0.15, 0.2) is 0 Å². The molecule has 0 saturated carbocycles. The zero-order valence-electron chi connectivity index (χ0n) is 7.92. The molecule has 3 heteroatoms. The topological polar surface area (TPSA) is 26.3 Å². The van der Waals surface area contributed by atoms with Crippen LogP contribution in [-0.4, -0.2) is 5.97 Å². The Hall–Kier alpha value is -1.02. The maximum absolute atomic E-state index is 10.9. The normalized spacial score (nSPS) is 21.0. The van der Waals surface area contributed by atoms with Gasteiger partial charge in [-0.05, 0) is 30.5 Å². The second-order valence-corrected chi connectivity index (χ2v) is 3.93. The Balaban J connectivity index is 2.24. The van der Waals surface area contributed by atoms with E-state index in [1.54, 1.807) is 0 Å². The molecule has 0 amide bonds. The first-order valence-electron chi connectivity index (χ1n) is 4.62. The Labute approximate surface area is 87.8 Å². The van der Waals surface area contributed by atoms with Crippen LogP contribution in [0.2, 0.25) is 5.02 Å². The molecule has 1 aromatic rings. The molecule has 2 rings (SSSR count). The van der Waals surface area contributed by atoms with Crippen LogP contribution in [0.15, 0.2) is 18.2 Å². The smallest absolute Gasteiger partial charge is 0.306 e. The van der Waals surface area contributed by atoms with Gasteiger partial charge in [-0.15, -0.1) is 0 Å². The van der Waals surface area contributed by atoms with Gasteiger partial charge in [-0.1, -0.05) is 23.7 Å². The minimum absolute atomic E-state index is 0.0967. The van der Waals surface area contributed by atoms with E-state index in [2.05, 4.69) is 0 Å². The Bertz CT molecular complexity index is 374. The van der Waals surface area contributed by atoms with Crippen molar-refractivity contribution < 1.29 is 9.53 Å². The summed E-state index contributed by atoms with van der Waals surface area (Å²) in [6, 6.07) is 5.79. The van der Waals surface area contributed by atoms with Crippen LogP contribution in [0.5, 0.6) is 0 Å². The predicted octanol–water partition coefficient (Wildman–Crippen LogP) is 3.03. The van der Waals surface area contributed by atoms with Gasteiger partial charge in [-0.3, -0.25) is 4.79 Å². The van der Waals surface area contributed by atoms with Gasteiger partial charge < -0.3 is 4.74 Å². The van der Waals surface area contributed by atoms with Crippen LogP contribution in [0.1, 0.15) is 30.1 Å². The van der Waals surface area contributed by atoms with Gasteiger partial charge in [-0.2, -0.15) is 0 Å². The van der Waals surface area contributed by atoms with Crippen LogP contribution < -0.4 is 0 Å². The quantitative estimate of drug-likeness (QED) is 0.666. The third-order valence-electron chi connectivity index (χ3n) is 2.45. The second kappa shape index (κ2) is 3.62. The van der Waals surface area contributed by atoms with E-state index in [0.717, 1.165) is 22.6 Å². The maximum Gasteiger partial charge on any atom is 0.306 e. The average molecular weight is 211 g/mol. The molecule has 0 unspecified atom stereocenters. The van der Waals surface area contributed by atoms with Crippen molar-refractivity contribution in [1.82, 2.24) is 0 Å². The van der Waals surface area contributed by atoms with Gasteiger partial charge in [0, 0.05) is 11.4 Å². The molecule has 0 aromatic heterocycles. The highest BCUT2D eigenvalue weighted by molar-refractivity contribution is 6.31. The molecule has 0 aliphatic carbocycles. The molecular formula is C11H11ClO2. The third-order valence-corrected chi connectivity index (χ3v) is 2.86. The molecule has 2 nitrogen and oxygen atoms in total. The SMILES string of the molecule is Cc1ccc([C@H]2CCC(=O)O2)cc1Cl. The van der Waals surface area contributed by atoms with E-state index < -0.39 is 0 Å². The molecule has 1 atom stereocenters. The van der Waals surface area contributed by atoms with Gasteiger partial charge >= 0.3 is 5.97 Å². The Morgan fingerprint density at radius 1 is 1.50 bits per heavy atom. The third kappa shape index (κ3) is 1.75. The van der Waals surface area contributed by atoms with E-state index >= 15 is 0 Å². The zero-order valence-corrected chi connectivity index (χ0v) is 8.67. The summed E-state index contributed by atoms with van der Waals surface area (Å²) in [6.45, 7) is 1.95. The molecule has 0 bridgehead atoms. The molecule has 1 heterocycles. The molecule has 0 N–H and O–H groups in total.